The second-order valence-corrected chi connectivity index (χ2v) is 6.72. The largest absolute Gasteiger partial charge is 0.467 e. The molecule has 0 spiro atoms. The van der Waals surface area contributed by atoms with Gasteiger partial charge in [0.25, 0.3) is 5.91 Å². The number of esters is 1. The molecular formula is C17H15Br2NO3. The molecule has 0 radical (unpaired) electrons. The van der Waals surface area contributed by atoms with Gasteiger partial charge in [0.15, 0.2) is 0 Å². The third kappa shape index (κ3) is 5.18. The summed E-state index contributed by atoms with van der Waals surface area (Å²) in [6, 6.07) is 13.8. The van der Waals surface area contributed by atoms with Gasteiger partial charge in [-0.3, -0.25) is 4.79 Å². The van der Waals surface area contributed by atoms with Crippen LogP contribution in [0, 0.1) is 0 Å². The van der Waals surface area contributed by atoms with Crippen LogP contribution in [0.5, 0.6) is 0 Å². The molecule has 1 amide bonds. The normalized spacial score (nSPS) is 11.6. The number of halogens is 2. The SMILES string of the molecule is COC(=O)[C@H](Cc1ccc(Br)cc1)NC(=O)c1cccc(Br)c1. The molecule has 2 rings (SSSR count). The van der Waals surface area contributed by atoms with Crippen molar-refractivity contribution in [2.45, 2.75) is 12.5 Å². The molecule has 1 N–H and O–H groups in total. The summed E-state index contributed by atoms with van der Waals surface area (Å²) in [4.78, 5) is 24.3. The molecule has 0 aliphatic rings. The van der Waals surface area contributed by atoms with E-state index in [9.17, 15) is 9.59 Å². The van der Waals surface area contributed by atoms with Gasteiger partial charge in [-0.15, -0.1) is 0 Å². The van der Waals surface area contributed by atoms with E-state index in [0.717, 1.165) is 14.5 Å². The highest BCUT2D eigenvalue weighted by atomic mass is 79.9. The molecule has 1 atom stereocenters. The Morgan fingerprint density at radius 2 is 1.78 bits per heavy atom. The number of rotatable bonds is 5. The topological polar surface area (TPSA) is 55.4 Å². The molecule has 6 heteroatoms. The fraction of sp³-hybridized carbons (Fsp3) is 0.176. The Morgan fingerprint density at radius 3 is 2.39 bits per heavy atom. The summed E-state index contributed by atoms with van der Waals surface area (Å²) in [6.45, 7) is 0. The molecule has 0 aromatic heterocycles. The molecule has 2 aromatic rings. The van der Waals surface area contributed by atoms with Crippen LogP contribution in [-0.4, -0.2) is 25.0 Å². The van der Waals surface area contributed by atoms with Gasteiger partial charge in [-0.05, 0) is 35.9 Å². The van der Waals surface area contributed by atoms with Crippen LogP contribution >= 0.6 is 31.9 Å². The van der Waals surface area contributed by atoms with Crippen molar-refractivity contribution >= 4 is 43.7 Å². The Morgan fingerprint density at radius 1 is 1.09 bits per heavy atom. The van der Waals surface area contributed by atoms with Gasteiger partial charge in [-0.1, -0.05) is 50.1 Å². The van der Waals surface area contributed by atoms with Crippen molar-refractivity contribution in [1.82, 2.24) is 5.32 Å². The quantitative estimate of drug-likeness (QED) is 0.720. The van der Waals surface area contributed by atoms with Crippen LogP contribution < -0.4 is 5.32 Å². The number of amides is 1. The van der Waals surface area contributed by atoms with Crippen LogP contribution in [0.25, 0.3) is 0 Å². The minimum absolute atomic E-state index is 0.321. The van der Waals surface area contributed by atoms with E-state index in [0.29, 0.717) is 12.0 Å². The zero-order chi connectivity index (χ0) is 16.8. The highest BCUT2D eigenvalue weighted by Gasteiger charge is 2.22. The monoisotopic (exact) mass is 439 g/mol. The highest BCUT2D eigenvalue weighted by molar-refractivity contribution is 9.10. The molecule has 0 saturated carbocycles. The summed E-state index contributed by atoms with van der Waals surface area (Å²) < 4.78 is 6.55. The summed E-state index contributed by atoms with van der Waals surface area (Å²) in [6.07, 6.45) is 0.361. The standard InChI is InChI=1S/C17H15Br2NO3/c1-23-17(22)15(9-11-5-7-13(18)8-6-11)20-16(21)12-3-2-4-14(19)10-12/h2-8,10,15H,9H2,1H3,(H,20,21)/t15-/m0/s1. The number of benzene rings is 2. The van der Waals surface area contributed by atoms with E-state index in [1.54, 1.807) is 18.2 Å². The average Bonchev–Trinajstić information content (AvgIpc) is 2.55. The highest BCUT2D eigenvalue weighted by Crippen LogP contribution is 2.14. The van der Waals surface area contributed by atoms with Crippen LogP contribution in [0.3, 0.4) is 0 Å². The molecule has 0 aliphatic heterocycles. The molecule has 120 valence electrons. The minimum Gasteiger partial charge on any atom is -0.467 e. The average molecular weight is 441 g/mol. The van der Waals surface area contributed by atoms with Crippen molar-refractivity contribution < 1.29 is 14.3 Å². The molecule has 4 nitrogen and oxygen atoms in total. The van der Waals surface area contributed by atoms with Crippen molar-refractivity contribution in [1.29, 1.82) is 0 Å². The number of hydrogen-bond donors (Lipinski definition) is 1. The maximum Gasteiger partial charge on any atom is 0.328 e. The first-order chi connectivity index (χ1) is 11.0. The van der Waals surface area contributed by atoms with Gasteiger partial charge < -0.3 is 10.1 Å². The smallest absolute Gasteiger partial charge is 0.328 e. The summed E-state index contributed by atoms with van der Waals surface area (Å²) in [5, 5.41) is 2.73. The van der Waals surface area contributed by atoms with Gasteiger partial charge in [0.2, 0.25) is 0 Å². The number of carbonyl (C=O) groups excluding carboxylic acids is 2. The van der Waals surface area contributed by atoms with E-state index in [1.807, 2.05) is 30.3 Å². The Bertz CT molecular complexity index is 701. The van der Waals surface area contributed by atoms with Crippen LogP contribution in [0.15, 0.2) is 57.5 Å². The van der Waals surface area contributed by atoms with Crippen LogP contribution in [0.2, 0.25) is 0 Å². The number of carbonyl (C=O) groups is 2. The molecule has 0 bridgehead atoms. The van der Waals surface area contributed by atoms with Crippen LogP contribution in [0.4, 0.5) is 0 Å². The second kappa shape index (κ2) is 8.26. The van der Waals surface area contributed by atoms with Gasteiger partial charge >= 0.3 is 5.97 Å². The van der Waals surface area contributed by atoms with Gasteiger partial charge in [-0.2, -0.15) is 0 Å². The van der Waals surface area contributed by atoms with Crippen molar-refractivity contribution in [3.63, 3.8) is 0 Å². The lowest BCUT2D eigenvalue weighted by molar-refractivity contribution is -0.142. The van der Waals surface area contributed by atoms with Crippen LogP contribution in [-0.2, 0) is 16.0 Å². The van der Waals surface area contributed by atoms with Crippen molar-refractivity contribution in [2.75, 3.05) is 7.11 Å². The molecule has 23 heavy (non-hydrogen) atoms. The van der Waals surface area contributed by atoms with Crippen molar-refractivity contribution in [2.24, 2.45) is 0 Å². The predicted octanol–water partition coefficient (Wildman–Crippen LogP) is 3.73. The van der Waals surface area contributed by atoms with E-state index in [1.165, 1.54) is 7.11 Å². The fourth-order valence-electron chi connectivity index (χ4n) is 2.06. The Balaban J connectivity index is 2.13. The third-order valence-corrected chi connectivity index (χ3v) is 4.25. The van der Waals surface area contributed by atoms with Crippen LogP contribution in [0.1, 0.15) is 15.9 Å². The molecule has 2 aromatic carbocycles. The summed E-state index contributed by atoms with van der Waals surface area (Å²) in [5.41, 5.74) is 1.40. The first-order valence-corrected chi connectivity index (χ1v) is 8.47. The van der Waals surface area contributed by atoms with Crippen molar-refractivity contribution in [3.8, 4) is 0 Å². The lowest BCUT2D eigenvalue weighted by Crippen LogP contribution is -2.43. The van der Waals surface area contributed by atoms with Gasteiger partial charge in [0, 0.05) is 20.9 Å². The molecule has 0 aliphatic carbocycles. The zero-order valence-electron chi connectivity index (χ0n) is 12.4. The second-order valence-electron chi connectivity index (χ2n) is 4.89. The number of nitrogens with one attached hydrogen (secondary N) is 1. The Labute approximate surface area is 151 Å². The van der Waals surface area contributed by atoms with E-state index < -0.39 is 12.0 Å². The lowest BCUT2D eigenvalue weighted by Gasteiger charge is -2.17. The van der Waals surface area contributed by atoms with E-state index in [-0.39, 0.29) is 5.91 Å². The molecule has 0 fully saturated rings. The van der Waals surface area contributed by atoms with E-state index in [2.05, 4.69) is 37.2 Å². The Hall–Kier alpha value is -1.66. The lowest BCUT2D eigenvalue weighted by atomic mass is 10.1. The summed E-state index contributed by atoms with van der Waals surface area (Å²) in [7, 11) is 1.31. The van der Waals surface area contributed by atoms with Gasteiger partial charge in [-0.25, -0.2) is 4.79 Å². The molecule has 0 unspecified atom stereocenters. The fourth-order valence-corrected chi connectivity index (χ4v) is 2.73. The molecule has 0 saturated heterocycles. The predicted molar refractivity (Wildman–Crippen MR) is 95.3 cm³/mol. The van der Waals surface area contributed by atoms with Gasteiger partial charge in [0.05, 0.1) is 7.11 Å². The number of hydrogen-bond acceptors (Lipinski definition) is 3. The minimum atomic E-state index is -0.743. The first-order valence-electron chi connectivity index (χ1n) is 6.88. The maximum absolute atomic E-state index is 12.3. The van der Waals surface area contributed by atoms with Gasteiger partial charge in [0.1, 0.15) is 6.04 Å². The van der Waals surface area contributed by atoms with E-state index >= 15 is 0 Å². The number of methoxy groups -OCH3 is 1. The first kappa shape index (κ1) is 17.7. The molecule has 0 heterocycles. The van der Waals surface area contributed by atoms with E-state index in [4.69, 9.17) is 4.74 Å². The zero-order valence-corrected chi connectivity index (χ0v) is 15.6. The van der Waals surface area contributed by atoms with Crippen molar-refractivity contribution in [3.05, 3.63) is 68.6 Å². The number of ether oxygens (including phenoxy) is 1. The molecular weight excluding hydrogens is 426 g/mol. The Kier molecular flexibility index (Phi) is 6.36. The third-order valence-electron chi connectivity index (χ3n) is 3.23. The maximum atomic E-state index is 12.3. The summed E-state index contributed by atoms with van der Waals surface area (Å²) >= 11 is 6.69. The summed E-state index contributed by atoms with van der Waals surface area (Å²) in [5.74, 6) is -0.796.